The molecule has 1 aliphatic carbocycles. The van der Waals surface area contributed by atoms with Gasteiger partial charge in [-0.25, -0.2) is 4.79 Å². The van der Waals surface area contributed by atoms with Gasteiger partial charge in [0.25, 0.3) is 0 Å². The first-order valence-corrected chi connectivity index (χ1v) is 6.79. The normalized spacial score (nSPS) is 19.7. The van der Waals surface area contributed by atoms with Gasteiger partial charge in [-0.15, -0.1) is 0 Å². The van der Waals surface area contributed by atoms with Crippen LogP contribution in [0.5, 0.6) is 0 Å². The van der Waals surface area contributed by atoms with E-state index in [4.69, 9.17) is 16.7 Å². The molecule has 0 aromatic heterocycles. The van der Waals surface area contributed by atoms with E-state index in [9.17, 15) is 4.79 Å². The average Bonchev–Trinajstić information content (AvgIpc) is 2.29. The molecular weight excluding hydrogens is 248 g/mol. The van der Waals surface area contributed by atoms with Crippen LogP contribution < -0.4 is 0 Å². The standard InChI is InChI=1S/C15H19ClO2/c1-15(2)7-5-10(6-8-15)12-4-3-11(14(17)18)9-13(12)16/h3-4,9-10H,5-8H2,1-2H3,(H,17,18). The lowest BCUT2D eigenvalue weighted by Gasteiger charge is -2.34. The highest BCUT2D eigenvalue weighted by Crippen LogP contribution is 2.44. The maximum Gasteiger partial charge on any atom is 0.335 e. The highest BCUT2D eigenvalue weighted by Gasteiger charge is 2.28. The van der Waals surface area contributed by atoms with Crippen LogP contribution in [0.25, 0.3) is 0 Å². The Morgan fingerprint density at radius 3 is 2.44 bits per heavy atom. The summed E-state index contributed by atoms with van der Waals surface area (Å²) in [5.41, 5.74) is 1.81. The van der Waals surface area contributed by atoms with Crippen molar-refractivity contribution < 1.29 is 9.90 Å². The average molecular weight is 267 g/mol. The van der Waals surface area contributed by atoms with E-state index < -0.39 is 5.97 Å². The summed E-state index contributed by atoms with van der Waals surface area (Å²) in [6.07, 6.45) is 4.68. The van der Waals surface area contributed by atoms with Crippen LogP contribution in [0.2, 0.25) is 5.02 Å². The maximum atomic E-state index is 10.9. The smallest absolute Gasteiger partial charge is 0.335 e. The number of halogens is 1. The van der Waals surface area contributed by atoms with Crippen molar-refractivity contribution in [3.05, 3.63) is 34.3 Å². The van der Waals surface area contributed by atoms with Gasteiger partial charge in [-0.3, -0.25) is 0 Å². The number of carbonyl (C=O) groups is 1. The summed E-state index contributed by atoms with van der Waals surface area (Å²) >= 11 is 6.21. The van der Waals surface area contributed by atoms with Crippen LogP contribution in [0.3, 0.4) is 0 Å². The van der Waals surface area contributed by atoms with Crippen molar-refractivity contribution in [3.8, 4) is 0 Å². The van der Waals surface area contributed by atoms with E-state index in [1.165, 1.54) is 12.8 Å². The Hall–Kier alpha value is -1.02. The lowest BCUT2D eigenvalue weighted by atomic mass is 9.71. The number of carboxylic acid groups (broad SMARTS) is 1. The zero-order chi connectivity index (χ0) is 13.3. The lowest BCUT2D eigenvalue weighted by Crippen LogP contribution is -2.20. The van der Waals surface area contributed by atoms with Gasteiger partial charge in [-0.05, 0) is 54.7 Å². The molecule has 0 amide bonds. The summed E-state index contributed by atoms with van der Waals surface area (Å²) in [4.78, 5) is 10.9. The molecule has 0 unspecified atom stereocenters. The van der Waals surface area contributed by atoms with Crippen LogP contribution in [-0.2, 0) is 0 Å². The third kappa shape index (κ3) is 2.86. The second-order valence-electron chi connectivity index (χ2n) is 5.98. The fraction of sp³-hybridized carbons (Fsp3) is 0.533. The Bertz CT molecular complexity index is 456. The largest absolute Gasteiger partial charge is 0.478 e. The van der Waals surface area contributed by atoms with Gasteiger partial charge in [-0.2, -0.15) is 0 Å². The van der Waals surface area contributed by atoms with Crippen LogP contribution >= 0.6 is 11.6 Å². The van der Waals surface area contributed by atoms with Crippen molar-refractivity contribution in [2.75, 3.05) is 0 Å². The molecule has 0 spiro atoms. The zero-order valence-electron chi connectivity index (χ0n) is 10.9. The van der Waals surface area contributed by atoms with Crippen molar-refractivity contribution >= 4 is 17.6 Å². The van der Waals surface area contributed by atoms with E-state index in [0.29, 0.717) is 16.4 Å². The highest BCUT2D eigenvalue weighted by atomic mass is 35.5. The molecule has 0 saturated heterocycles. The van der Waals surface area contributed by atoms with Gasteiger partial charge < -0.3 is 5.11 Å². The molecule has 1 N–H and O–H groups in total. The van der Waals surface area contributed by atoms with Gasteiger partial charge in [0.05, 0.1) is 5.56 Å². The predicted octanol–water partition coefficient (Wildman–Crippen LogP) is 4.72. The van der Waals surface area contributed by atoms with Crippen molar-refractivity contribution in [1.29, 1.82) is 0 Å². The summed E-state index contributed by atoms with van der Waals surface area (Å²) in [5, 5.41) is 9.52. The van der Waals surface area contributed by atoms with Gasteiger partial charge in [-0.1, -0.05) is 31.5 Å². The van der Waals surface area contributed by atoms with Crippen LogP contribution in [0.1, 0.15) is 61.4 Å². The zero-order valence-corrected chi connectivity index (χ0v) is 11.6. The number of aromatic carboxylic acids is 1. The van der Waals surface area contributed by atoms with Gasteiger partial charge in [0.15, 0.2) is 0 Å². The first-order chi connectivity index (χ1) is 8.39. The number of hydrogen-bond acceptors (Lipinski definition) is 1. The Morgan fingerprint density at radius 2 is 1.94 bits per heavy atom. The molecule has 0 radical (unpaired) electrons. The molecule has 2 nitrogen and oxygen atoms in total. The summed E-state index contributed by atoms with van der Waals surface area (Å²) < 4.78 is 0. The fourth-order valence-corrected chi connectivity index (χ4v) is 3.04. The molecule has 1 aliphatic rings. The molecule has 3 heteroatoms. The van der Waals surface area contributed by atoms with Gasteiger partial charge in [0, 0.05) is 5.02 Å². The van der Waals surface area contributed by atoms with Crippen LogP contribution in [0, 0.1) is 5.41 Å². The van der Waals surface area contributed by atoms with Crippen molar-refractivity contribution in [1.82, 2.24) is 0 Å². The van der Waals surface area contributed by atoms with Crippen molar-refractivity contribution in [2.45, 2.75) is 45.4 Å². The second kappa shape index (κ2) is 4.93. The molecule has 0 heterocycles. The summed E-state index contributed by atoms with van der Waals surface area (Å²) in [6, 6.07) is 5.11. The van der Waals surface area contributed by atoms with E-state index in [-0.39, 0.29) is 5.56 Å². The lowest BCUT2D eigenvalue weighted by molar-refractivity contribution is 0.0697. The first kappa shape index (κ1) is 13.4. The second-order valence-corrected chi connectivity index (χ2v) is 6.39. The number of carboxylic acids is 1. The molecule has 18 heavy (non-hydrogen) atoms. The minimum absolute atomic E-state index is 0.264. The van der Waals surface area contributed by atoms with Gasteiger partial charge >= 0.3 is 5.97 Å². The van der Waals surface area contributed by atoms with Gasteiger partial charge in [0.2, 0.25) is 0 Å². The molecular formula is C15H19ClO2. The van der Waals surface area contributed by atoms with Crippen LogP contribution in [0.4, 0.5) is 0 Å². The fourth-order valence-electron chi connectivity index (χ4n) is 2.70. The Kier molecular flexibility index (Phi) is 3.67. The van der Waals surface area contributed by atoms with Crippen LogP contribution in [0.15, 0.2) is 18.2 Å². The molecule has 1 aromatic rings. The van der Waals surface area contributed by atoms with E-state index in [1.54, 1.807) is 12.1 Å². The molecule has 0 atom stereocenters. The minimum atomic E-state index is -0.923. The Morgan fingerprint density at radius 1 is 1.33 bits per heavy atom. The summed E-state index contributed by atoms with van der Waals surface area (Å²) in [5.74, 6) is -0.443. The first-order valence-electron chi connectivity index (χ1n) is 6.42. The topological polar surface area (TPSA) is 37.3 Å². The Labute approximate surface area is 113 Å². The molecule has 98 valence electrons. The third-order valence-corrected chi connectivity index (χ3v) is 4.35. The van der Waals surface area contributed by atoms with Crippen molar-refractivity contribution in [2.24, 2.45) is 5.41 Å². The van der Waals surface area contributed by atoms with Gasteiger partial charge in [0.1, 0.15) is 0 Å². The van der Waals surface area contributed by atoms with E-state index >= 15 is 0 Å². The van der Waals surface area contributed by atoms with Crippen molar-refractivity contribution in [3.63, 3.8) is 0 Å². The minimum Gasteiger partial charge on any atom is -0.478 e. The molecule has 2 rings (SSSR count). The Balaban J connectivity index is 2.17. The highest BCUT2D eigenvalue weighted by molar-refractivity contribution is 6.31. The number of hydrogen-bond donors (Lipinski definition) is 1. The SMILES string of the molecule is CC1(C)CCC(c2ccc(C(=O)O)cc2Cl)CC1. The maximum absolute atomic E-state index is 10.9. The predicted molar refractivity (Wildman–Crippen MR) is 73.4 cm³/mol. The third-order valence-electron chi connectivity index (χ3n) is 4.03. The summed E-state index contributed by atoms with van der Waals surface area (Å²) in [7, 11) is 0. The monoisotopic (exact) mass is 266 g/mol. The summed E-state index contributed by atoms with van der Waals surface area (Å²) in [6.45, 7) is 4.61. The van der Waals surface area contributed by atoms with E-state index in [0.717, 1.165) is 18.4 Å². The molecule has 1 aromatic carbocycles. The molecule has 0 aliphatic heterocycles. The van der Waals surface area contributed by atoms with E-state index in [2.05, 4.69) is 13.8 Å². The molecule has 0 bridgehead atoms. The van der Waals surface area contributed by atoms with E-state index in [1.807, 2.05) is 6.07 Å². The molecule has 1 saturated carbocycles. The molecule has 1 fully saturated rings. The quantitative estimate of drug-likeness (QED) is 0.841. The number of benzene rings is 1. The van der Waals surface area contributed by atoms with Crippen LogP contribution in [-0.4, -0.2) is 11.1 Å². The number of rotatable bonds is 2.